The van der Waals surface area contributed by atoms with Crippen LogP contribution in [0.25, 0.3) is 11.3 Å². The summed E-state index contributed by atoms with van der Waals surface area (Å²) in [6, 6.07) is 8.67. The molecule has 1 aromatic heterocycles. The van der Waals surface area contributed by atoms with Crippen LogP contribution >= 0.6 is 0 Å². The molecule has 0 saturated carbocycles. The van der Waals surface area contributed by atoms with E-state index in [2.05, 4.69) is 5.16 Å². The predicted octanol–water partition coefficient (Wildman–Crippen LogP) is 1.84. The molecule has 1 aliphatic rings. The van der Waals surface area contributed by atoms with Gasteiger partial charge >= 0.3 is 5.97 Å². The van der Waals surface area contributed by atoms with Gasteiger partial charge in [-0.25, -0.2) is 13.2 Å². The molecule has 0 aliphatic carbocycles. The van der Waals surface area contributed by atoms with Crippen LogP contribution in [0.15, 0.2) is 34.9 Å². The lowest BCUT2D eigenvalue weighted by Crippen LogP contribution is -2.43. The first-order valence-electron chi connectivity index (χ1n) is 9.01. The minimum absolute atomic E-state index is 0.0521. The van der Waals surface area contributed by atoms with Crippen molar-refractivity contribution < 1.29 is 27.3 Å². The maximum Gasteiger partial charge on any atom is 0.344 e. The Kier molecular flexibility index (Phi) is 5.83. The van der Waals surface area contributed by atoms with Gasteiger partial charge in [-0.2, -0.15) is 0 Å². The van der Waals surface area contributed by atoms with Crippen LogP contribution in [0.3, 0.4) is 0 Å². The molecule has 1 saturated heterocycles. The van der Waals surface area contributed by atoms with Gasteiger partial charge in [0.2, 0.25) is 0 Å². The SMILES string of the molecule is CCN(C(=O)COC(=O)c1c(-c2ccccc2)noc1C)[C@H]1CCS(=O)(=O)C1. The van der Waals surface area contributed by atoms with Gasteiger partial charge in [0.1, 0.15) is 17.0 Å². The van der Waals surface area contributed by atoms with Crippen LogP contribution in [0.2, 0.25) is 0 Å². The van der Waals surface area contributed by atoms with Crippen molar-refractivity contribution in [3.8, 4) is 11.3 Å². The van der Waals surface area contributed by atoms with Gasteiger partial charge in [0, 0.05) is 18.2 Å². The Labute approximate surface area is 163 Å². The Balaban J connectivity index is 1.69. The molecular formula is C19H22N2O6S. The van der Waals surface area contributed by atoms with E-state index in [0.29, 0.717) is 30.0 Å². The molecule has 1 aliphatic heterocycles. The third-order valence-electron chi connectivity index (χ3n) is 4.75. The number of benzene rings is 1. The van der Waals surface area contributed by atoms with Crippen LogP contribution < -0.4 is 0 Å². The molecule has 1 aromatic carbocycles. The summed E-state index contributed by atoms with van der Waals surface area (Å²) in [6.07, 6.45) is 0.402. The smallest absolute Gasteiger partial charge is 0.344 e. The number of nitrogens with zero attached hydrogens (tertiary/aromatic N) is 2. The number of carbonyl (C=O) groups is 2. The number of aromatic nitrogens is 1. The molecule has 150 valence electrons. The summed E-state index contributed by atoms with van der Waals surface area (Å²) < 4.78 is 33.7. The number of likely N-dealkylation sites (N-methyl/N-ethyl adjacent to an activating group) is 1. The summed E-state index contributed by atoms with van der Waals surface area (Å²) in [7, 11) is -3.12. The topological polar surface area (TPSA) is 107 Å². The van der Waals surface area contributed by atoms with Gasteiger partial charge in [-0.05, 0) is 20.3 Å². The van der Waals surface area contributed by atoms with E-state index in [4.69, 9.17) is 9.26 Å². The number of carbonyl (C=O) groups excluding carboxylic acids is 2. The summed E-state index contributed by atoms with van der Waals surface area (Å²) in [5.74, 6) is -0.815. The first-order chi connectivity index (χ1) is 13.3. The van der Waals surface area contributed by atoms with Gasteiger partial charge < -0.3 is 14.2 Å². The summed E-state index contributed by atoms with van der Waals surface area (Å²) in [4.78, 5) is 26.5. The van der Waals surface area contributed by atoms with Gasteiger partial charge in [-0.3, -0.25) is 4.79 Å². The maximum atomic E-state index is 12.6. The highest BCUT2D eigenvalue weighted by Gasteiger charge is 2.34. The second kappa shape index (κ2) is 8.14. The maximum absolute atomic E-state index is 12.6. The number of rotatable bonds is 6. The Hall–Kier alpha value is -2.68. The number of hydrogen-bond donors (Lipinski definition) is 0. The Morgan fingerprint density at radius 1 is 1.29 bits per heavy atom. The molecule has 2 heterocycles. The third-order valence-corrected chi connectivity index (χ3v) is 6.50. The van der Waals surface area contributed by atoms with E-state index in [1.165, 1.54) is 4.90 Å². The lowest BCUT2D eigenvalue weighted by atomic mass is 10.1. The van der Waals surface area contributed by atoms with Crippen molar-refractivity contribution in [3.63, 3.8) is 0 Å². The van der Waals surface area contributed by atoms with Crippen LogP contribution in [0.4, 0.5) is 0 Å². The normalized spacial score (nSPS) is 18.0. The van der Waals surface area contributed by atoms with E-state index >= 15 is 0 Å². The number of ether oxygens (including phenoxy) is 1. The molecule has 1 amide bonds. The number of esters is 1. The predicted molar refractivity (Wildman–Crippen MR) is 101 cm³/mol. The number of aryl methyl sites for hydroxylation is 1. The fourth-order valence-corrected chi connectivity index (χ4v) is 5.08. The second-order valence-electron chi connectivity index (χ2n) is 6.64. The molecule has 0 bridgehead atoms. The van der Waals surface area contributed by atoms with Gasteiger partial charge in [0.05, 0.1) is 11.5 Å². The van der Waals surface area contributed by atoms with Crippen molar-refractivity contribution in [2.24, 2.45) is 0 Å². The quantitative estimate of drug-likeness (QED) is 0.674. The van der Waals surface area contributed by atoms with E-state index in [1.54, 1.807) is 26.0 Å². The summed E-state index contributed by atoms with van der Waals surface area (Å²) in [6.45, 7) is 3.24. The van der Waals surface area contributed by atoms with Crippen LogP contribution in [0, 0.1) is 6.92 Å². The molecule has 9 heteroatoms. The monoisotopic (exact) mass is 406 g/mol. The zero-order valence-electron chi connectivity index (χ0n) is 15.8. The lowest BCUT2D eigenvalue weighted by Gasteiger charge is -2.26. The Morgan fingerprint density at radius 3 is 2.61 bits per heavy atom. The Morgan fingerprint density at radius 2 is 2.00 bits per heavy atom. The molecule has 1 fully saturated rings. The summed E-state index contributed by atoms with van der Waals surface area (Å²) in [5, 5.41) is 3.93. The van der Waals surface area contributed by atoms with E-state index in [9.17, 15) is 18.0 Å². The largest absolute Gasteiger partial charge is 0.452 e. The van der Waals surface area contributed by atoms with Crippen LogP contribution in [-0.4, -0.2) is 61.1 Å². The van der Waals surface area contributed by atoms with Crippen molar-refractivity contribution in [3.05, 3.63) is 41.7 Å². The first kappa shape index (κ1) is 20.1. The van der Waals surface area contributed by atoms with Crippen LogP contribution in [0.5, 0.6) is 0 Å². The van der Waals surface area contributed by atoms with Gasteiger partial charge in [0.15, 0.2) is 16.4 Å². The van der Waals surface area contributed by atoms with Crippen molar-refractivity contribution in [1.29, 1.82) is 0 Å². The molecular weight excluding hydrogens is 384 g/mol. The highest BCUT2D eigenvalue weighted by Crippen LogP contribution is 2.26. The molecule has 8 nitrogen and oxygen atoms in total. The van der Waals surface area contributed by atoms with E-state index in [0.717, 1.165) is 0 Å². The first-order valence-corrected chi connectivity index (χ1v) is 10.8. The Bertz CT molecular complexity index is 968. The zero-order valence-corrected chi connectivity index (χ0v) is 16.6. The highest BCUT2D eigenvalue weighted by atomic mass is 32.2. The molecule has 0 N–H and O–H groups in total. The van der Waals surface area contributed by atoms with Gasteiger partial charge in [0.25, 0.3) is 5.91 Å². The number of hydrogen-bond acceptors (Lipinski definition) is 7. The van der Waals surface area contributed by atoms with Crippen molar-refractivity contribution in [2.75, 3.05) is 24.7 Å². The second-order valence-corrected chi connectivity index (χ2v) is 8.87. The third kappa shape index (κ3) is 4.24. The average Bonchev–Trinajstić information content (AvgIpc) is 3.23. The molecule has 0 spiro atoms. The average molecular weight is 406 g/mol. The molecule has 2 aromatic rings. The lowest BCUT2D eigenvalue weighted by molar-refractivity contribution is -0.136. The fourth-order valence-electron chi connectivity index (χ4n) is 3.35. The summed E-state index contributed by atoms with van der Waals surface area (Å²) in [5.41, 5.74) is 1.22. The molecule has 28 heavy (non-hydrogen) atoms. The van der Waals surface area contributed by atoms with Crippen molar-refractivity contribution >= 4 is 21.7 Å². The highest BCUT2D eigenvalue weighted by molar-refractivity contribution is 7.91. The van der Waals surface area contributed by atoms with Crippen molar-refractivity contribution in [2.45, 2.75) is 26.3 Å². The molecule has 1 atom stereocenters. The zero-order chi connectivity index (χ0) is 20.3. The van der Waals surface area contributed by atoms with E-state index in [1.807, 2.05) is 18.2 Å². The fraction of sp³-hybridized carbons (Fsp3) is 0.421. The molecule has 0 unspecified atom stereocenters. The van der Waals surface area contributed by atoms with Crippen LogP contribution in [0.1, 0.15) is 29.5 Å². The molecule has 0 radical (unpaired) electrons. The van der Waals surface area contributed by atoms with Crippen LogP contribution in [-0.2, 0) is 19.4 Å². The summed E-state index contributed by atoms with van der Waals surface area (Å²) >= 11 is 0. The molecule has 3 rings (SSSR count). The van der Waals surface area contributed by atoms with Crippen molar-refractivity contribution in [1.82, 2.24) is 10.1 Å². The van der Waals surface area contributed by atoms with E-state index < -0.39 is 28.3 Å². The standard InChI is InChI=1S/C19H22N2O6S/c1-3-21(15-9-10-28(24,25)12-15)16(22)11-26-19(23)17-13(2)27-20-18(17)14-7-5-4-6-8-14/h4-8,15H,3,9-12H2,1-2H3/t15-/m0/s1. The van der Waals surface area contributed by atoms with E-state index in [-0.39, 0.29) is 23.1 Å². The van der Waals surface area contributed by atoms with Gasteiger partial charge in [-0.15, -0.1) is 0 Å². The number of amides is 1. The minimum atomic E-state index is -3.12. The number of sulfone groups is 1. The van der Waals surface area contributed by atoms with Gasteiger partial charge in [-0.1, -0.05) is 35.5 Å². The minimum Gasteiger partial charge on any atom is -0.452 e.